The monoisotopic (exact) mass is 221 g/mol. The molecule has 0 bridgehead atoms. The number of hydrogen-bond donors (Lipinski definition) is 1. The minimum Gasteiger partial charge on any atom is -0.384 e. The molecule has 4 heteroatoms. The van der Waals surface area contributed by atoms with Crippen LogP contribution in [-0.2, 0) is 4.74 Å². The highest BCUT2D eigenvalue weighted by Crippen LogP contribution is 2.23. The van der Waals surface area contributed by atoms with Gasteiger partial charge in [-0.05, 0) is 19.4 Å². The number of morpholine rings is 1. The van der Waals surface area contributed by atoms with Gasteiger partial charge in [-0.3, -0.25) is 0 Å². The van der Waals surface area contributed by atoms with Gasteiger partial charge in [-0.15, -0.1) is 0 Å². The first-order valence-corrected chi connectivity index (χ1v) is 5.80. The summed E-state index contributed by atoms with van der Waals surface area (Å²) in [5.74, 6) is 0.575. The van der Waals surface area contributed by atoms with Crippen LogP contribution < -0.4 is 10.6 Å². The average Bonchev–Trinajstić information content (AvgIpc) is 2.29. The molecule has 0 spiro atoms. The van der Waals surface area contributed by atoms with Crippen LogP contribution in [0.15, 0.2) is 18.3 Å². The van der Waals surface area contributed by atoms with Crippen LogP contribution >= 0.6 is 0 Å². The first kappa shape index (κ1) is 11.2. The molecule has 0 radical (unpaired) electrons. The number of aromatic nitrogens is 1. The molecule has 0 aromatic carbocycles. The standard InChI is InChI=1S/C12H19N3O/c1-3-10-8-16-9(2)7-15(10)11-4-5-14-12(13)6-11/h4-6,9-10H,3,7-8H2,1-2H3,(H2,13,14). The Kier molecular flexibility index (Phi) is 3.29. The van der Waals surface area contributed by atoms with Crippen molar-refractivity contribution in [2.45, 2.75) is 32.4 Å². The quantitative estimate of drug-likeness (QED) is 0.825. The third-order valence-corrected chi connectivity index (χ3v) is 3.04. The van der Waals surface area contributed by atoms with Crippen molar-refractivity contribution < 1.29 is 4.74 Å². The predicted octanol–water partition coefficient (Wildman–Crippen LogP) is 1.67. The van der Waals surface area contributed by atoms with Gasteiger partial charge in [0, 0.05) is 24.5 Å². The maximum atomic E-state index is 5.72. The van der Waals surface area contributed by atoms with E-state index in [0.29, 0.717) is 11.9 Å². The van der Waals surface area contributed by atoms with Crippen molar-refractivity contribution in [3.8, 4) is 0 Å². The molecule has 1 aromatic heterocycles. The zero-order valence-corrected chi connectivity index (χ0v) is 9.89. The normalized spacial score (nSPS) is 25.8. The van der Waals surface area contributed by atoms with Gasteiger partial charge in [-0.25, -0.2) is 4.98 Å². The number of nitrogen functional groups attached to an aromatic ring is 1. The smallest absolute Gasteiger partial charge is 0.125 e. The van der Waals surface area contributed by atoms with Crippen molar-refractivity contribution in [2.75, 3.05) is 23.8 Å². The number of rotatable bonds is 2. The Morgan fingerprint density at radius 1 is 1.62 bits per heavy atom. The lowest BCUT2D eigenvalue weighted by molar-refractivity contribution is 0.0299. The molecule has 1 aliphatic heterocycles. The molecule has 2 rings (SSSR count). The third kappa shape index (κ3) is 2.27. The van der Waals surface area contributed by atoms with E-state index in [1.807, 2.05) is 12.1 Å². The van der Waals surface area contributed by atoms with E-state index < -0.39 is 0 Å². The van der Waals surface area contributed by atoms with E-state index in [1.54, 1.807) is 6.20 Å². The number of pyridine rings is 1. The van der Waals surface area contributed by atoms with Gasteiger partial charge >= 0.3 is 0 Å². The lowest BCUT2D eigenvalue weighted by atomic mass is 10.1. The van der Waals surface area contributed by atoms with Crippen LogP contribution in [0.5, 0.6) is 0 Å². The van der Waals surface area contributed by atoms with Crippen molar-refractivity contribution in [1.29, 1.82) is 0 Å². The van der Waals surface area contributed by atoms with Gasteiger partial charge in [0.1, 0.15) is 5.82 Å². The summed E-state index contributed by atoms with van der Waals surface area (Å²) in [4.78, 5) is 6.39. The van der Waals surface area contributed by atoms with Crippen molar-refractivity contribution in [3.05, 3.63) is 18.3 Å². The Bertz CT molecular complexity index is 356. The predicted molar refractivity (Wildman–Crippen MR) is 65.5 cm³/mol. The lowest BCUT2D eigenvalue weighted by Crippen LogP contribution is -2.48. The van der Waals surface area contributed by atoms with Crippen molar-refractivity contribution in [1.82, 2.24) is 4.98 Å². The molecule has 0 saturated carbocycles. The van der Waals surface area contributed by atoms with Crippen LogP contribution in [0.2, 0.25) is 0 Å². The van der Waals surface area contributed by atoms with Crippen LogP contribution in [0.4, 0.5) is 11.5 Å². The Hall–Kier alpha value is -1.29. The zero-order valence-electron chi connectivity index (χ0n) is 9.89. The maximum absolute atomic E-state index is 5.72. The molecule has 2 unspecified atom stereocenters. The SMILES string of the molecule is CCC1COC(C)CN1c1ccnc(N)c1. The largest absolute Gasteiger partial charge is 0.384 e. The lowest BCUT2D eigenvalue weighted by Gasteiger charge is -2.40. The summed E-state index contributed by atoms with van der Waals surface area (Å²) in [6, 6.07) is 4.38. The molecule has 1 fully saturated rings. The molecule has 1 aromatic rings. The fourth-order valence-electron chi connectivity index (χ4n) is 2.11. The van der Waals surface area contributed by atoms with E-state index in [-0.39, 0.29) is 6.10 Å². The Morgan fingerprint density at radius 2 is 2.44 bits per heavy atom. The number of nitrogens with two attached hydrogens (primary N) is 1. The molecule has 0 amide bonds. The number of anilines is 2. The molecule has 4 nitrogen and oxygen atoms in total. The molecule has 1 saturated heterocycles. The highest BCUT2D eigenvalue weighted by Gasteiger charge is 2.25. The van der Waals surface area contributed by atoms with Gasteiger partial charge in [0.05, 0.1) is 18.8 Å². The van der Waals surface area contributed by atoms with Crippen LogP contribution in [0, 0.1) is 0 Å². The number of hydrogen-bond acceptors (Lipinski definition) is 4. The molecule has 88 valence electrons. The van der Waals surface area contributed by atoms with Crippen LogP contribution in [0.3, 0.4) is 0 Å². The summed E-state index contributed by atoms with van der Waals surface area (Å²) < 4.78 is 5.67. The minimum atomic E-state index is 0.275. The average molecular weight is 221 g/mol. The van der Waals surface area contributed by atoms with E-state index >= 15 is 0 Å². The van der Waals surface area contributed by atoms with E-state index in [9.17, 15) is 0 Å². The van der Waals surface area contributed by atoms with Gasteiger partial charge in [-0.2, -0.15) is 0 Å². The Balaban J connectivity index is 2.22. The molecular weight excluding hydrogens is 202 g/mol. The summed E-state index contributed by atoms with van der Waals surface area (Å²) in [6.07, 6.45) is 3.11. The highest BCUT2D eigenvalue weighted by molar-refractivity contribution is 5.53. The Morgan fingerprint density at radius 3 is 3.12 bits per heavy atom. The van der Waals surface area contributed by atoms with E-state index in [2.05, 4.69) is 23.7 Å². The molecule has 16 heavy (non-hydrogen) atoms. The first-order valence-electron chi connectivity index (χ1n) is 5.80. The van der Waals surface area contributed by atoms with Crippen molar-refractivity contribution >= 4 is 11.5 Å². The van der Waals surface area contributed by atoms with E-state index in [4.69, 9.17) is 10.5 Å². The maximum Gasteiger partial charge on any atom is 0.125 e. The number of ether oxygens (including phenoxy) is 1. The molecule has 1 aliphatic rings. The summed E-state index contributed by atoms with van der Waals surface area (Å²) in [5.41, 5.74) is 6.87. The summed E-state index contributed by atoms with van der Waals surface area (Å²) >= 11 is 0. The topological polar surface area (TPSA) is 51.4 Å². The van der Waals surface area contributed by atoms with Crippen LogP contribution in [0.1, 0.15) is 20.3 Å². The van der Waals surface area contributed by atoms with Crippen LogP contribution in [0.25, 0.3) is 0 Å². The molecule has 2 atom stereocenters. The van der Waals surface area contributed by atoms with Crippen molar-refractivity contribution in [3.63, 3.8) is 0 Å². The summed E-state index contributed by atoms with van der Waals surface area (Å²) in [7, 11) is 0. The fraction of sp³-hybridized carbons (Fsp3) is 0.583. The summed E-state index contributed by atoms with van der Waals surface area (Å²) in [6.45, 7) is 5.99. The van der Waals surface area contributed by atoms with Gasteiger partial charge in [0.2, 0.25) is 0 Å². The van der Waals surface area contributed by atoms with Gasteiger partial charge < -0.3 is 15.4 Å². The molecule has 2 N–H and O–H groups in total. The second-order valence-corrected chi connectivity index (χ2v) is 4.30. The van der Waals surface area contributed by atoms with Gasteiger partial charge in [0.25, 0.3) is 0 Å². The molecule has 2 heterocycles. The van der Waals surface area contributed by atoms with Gasteiger partial charge in [0.15, 0.2) is 0 Å². The molecular formula is C12H19N3O. The summed E-state index contributed by atoms with van der Waals surface area (Å²) in [5, 5.41) is 0. The minimum absolute atomic E-state index is 0.275. The third-order valence-electron chi connectivity index (χ3n) is 3.04. The fourth-order valence-corrected chi connectivity index (χ4v) is 2.11. The molecule has 0 aliphatic carbocycles. The van der Waals surface area contributed by atoms with E-state index in [1.165, 1.54) is 0 Å². The second-order valence-electron chi connectivity index (χ2n) is 4.30. The second kappa shape index (κ2) is 4.70. The number of nitrogens with zero attached hydrogens (tertiary/aromatic N) is 2. The van der Waals surface area contributed by atoms with E-state index in [0.717, 1.165) is 25.3 Å². The zero-order chi connectivity index (χ0) is 11.5. The van der Waals surface area contributed by atoms with Gasteiger partial charge in [-0.1, -0.05) is 6.92 Å². The van der Waals surface area contributed by atoms with Crippen molar-refractivity contribution in [2.24, 2.45) is 0 Å². The Labute approximate surface area is 96.4 Å². The van der Waals surface area contributed by atoms with Crippen LogP contribution in [-0.4, -0.2) is 30.3 Å². The first-order chi connectivity index (χ1) is 7.70. The highest BCUT2D eigenvalue weighted by atomic mass is 16.5.